The molecule has 0 saturated carbocycles. The molecule has 3 rings (SSSR count). The first-order valence-corrected chi connectivity index (χ1v) is 8.86. The van der Waals surface area contributed by atoms with Crippen molar-refractivity contribution in [2.75, 3.05) is 6.54 Å². The molecule has 2 heterocycles. The zero-order valence-electron chi connectivity index (χ0n) is 14.4. The van der Waals surface area contributed by atoms with Crippen molar-refractivity contribution < 1.29 is 4.79 Å². The summed E-state index contributed by atoms with van der Waals surface area (Å²) in [6.45, 7) is 4.85. The Morgan fingerprint density at radius 2 is 2.04 bits per heavy atom. The number of benzene rings is 1. The number of nitrogens with zero attached hydrogens (tertiary/aromatic N) is 1. The number of carbonyl (C=O) groups excluding carboxylic acids is 1. The molecule has 0 unspecified atom stereocenters. The van der Waals surface area contributed by atoms with E-state index in [2.05, 4.69) is 35.2 Å². The van der Waals surface area contributed by atoms with E-state index in [1.54, 1.807) is 12.3 Å². The van der Waals surface area contributed by atoms with Crippen molar-refractivity contribution in [2.24, 2.45) is 5.92 Å². The summed E-state index contributed by atoms with van der Waals surface area (Å²) in [6, 6.07) is 11.8. The third kappa shape index (κ3) is 4.20. The fourth-order valence-corrected chi connectivity index (χ4v) is 3.07. The van der Waals surface area contributed by atoms with Crippen LogP contribution < -0.4 is 5.32 Å². The van der Waals surface area contributed by atoms with Gasteiger partial charge in [-0.05, 0) is 29.2 Å². The topological polar surface area (TPSA) is 57.8 Å². The van der Waals surface area contributed by atoms with Gasteiger partial charge in [0.2, 0.25) is 5.91 Å². The van der Waals surface area contributed by atoms with Crippen LogP contribution in [0, 0.1) is 5.92 Å². The molecule has 2 aromatic heterocycles. The second-order valence-corrected chi connectivity index (χ2v) is 7.05. The van der Waals surface area contributed by atoms with E-state index in [0.717, 1.165) is 22.0 Å². The molecule has 3 aromatic rings. The minimum absolute atomic E-state index is 0.0407. The predicted molar refractivity (Wildman–Crippen MR) is 102 cm³/mol. The maximum absolute atomic E-state index is 12.5. The van der Waals surface area contributed by atoms with Crippen molar-refractivity contribution in [3.63, 3.8) is 0 Å². The highest BCUT2D eigenvalue weighted by Crippen LogP contribution is 2.33. The number of hydrogen-bond acceptors (Lipinski definition) is 2. The summed E-state index contributed by atoms with van der Waals surface area (Å²) in [6.07, 6.45) is 4.11. The van der Waals surface area contributed by atoms with Crippen molar-refractivity contribution in [1.29, 1.82) is 0 Å². The van der Waals surface area contributed by atoms with Gasteiger partial charge in [0.25, 0.3) is 0 Å². The predicted octanol–water partition coefficient (Wildman–Crippen LogP) is 4.51. The zero-order chi connectivity index (χ0) is 17.8. The first-order valence-electron chi connectivity index (χ1n) is 8.48. The molecule has 0 aliphatic rings. The molecule has 1 amide bonds. The maximum Gasteiger partial charge on any atom is 0.220 e. The first kappa shape index (κ1) is 17.5. The summed E-state index contributed by atoms with van der Waals surface area (Å²) in [5.74, 6) is 0.389. The summed E-state index contributed by atoms with van der Waals surface area (Å²) in [5, 5.41) is 4.58. The van der Waals surface area contributed by atoms with Crippen LogP contribution in [-0.2, 0) is 4.79 Å². The van der Waals surface area contributed by atoms with Gasteiger partial charge in [-0.25, -0.2) is 4.98 Å². The van der Waals surface area contributed by atoms with E-state index in [1.807, 2.05) is 30.5 Å². The SMILES string of the molecule is CC(C)CNC(=O)C[C@@H](c1ccc(Cl)nc1)c1c[nH]c2ccccc12. The molecule has 130 valence electrons. The molecule has 2 N–H and O–H groups in total. The molecular weight excluding hydrogens is 334 g/mol. The van der Waals surface area contributed by atoms with E-state index >= 15 is 0 Å². The highest BCUT2D eigenvalue weighted by molar-refractivity contribution is 6.29. The molecule has 0 spiro atoms. The van der Waals surface area contributed by atoms with Gasteiger partial charge >= 0.3 is 0 Å². The fraction of sp³-hybridized carbons (Fsp3) is 0.300. The number of aromatic amines is 1. The number of halogens is 1. The van der Waals surface area contributed by atoms with Gasteiger partial charge in [0.15, 0.2) is 0 Å². The van der Waals surface area contributed by atoms with Crippen LogP contribution in [0.4, 0.5) is 0 Å². The van der Waals surface area contributed by atoms with Crippen molar-refractivity contribution in [3.05, 3.63) is 65.1 Å². The van der Waals surface area contributed by atoms with Gasteiger partial charge in [-0.1, -0.05) is 49.7 Å². The smallest absolute Gasteiger partial charge is 0.220 e. The minimum Gasteiger partial charge on any atom is -0.361 e. The first-order chi connectivity index (χ1) is 12.0. The summed E-state index contributed by atoms with van der Waals surface area (Å²) < 4.78 is 0. The van der Waals surface area contributed by atoms with Crippen LogP contribution in [0.5, 0.6) is 0 Å². The Labute approximate surface area is 152 Å². The average molecular weight is 356 g/mol. The lowest BCUT2D eigenvalue weighted by Crippen LogP contribution is -2.28. The van der Waals surface area contributed by atoms with Gasteiger partial charge in [-0.2, -0.15) is 0 Å². The number of hydrogen-bond donors (Lipinski definition) is 2. The van der Waals surface area contributed by atoms with Crippen molar-refractivity contribution in [1.82, 2.24) is 15.3 Å². The zero-order valence-corrected chi connectivity index (χ0v) is 15.2. The Kier molecular flexibility index (Phi) is 5.39. The second kappa shape index (κ2) is 7.70. The second-order valence-electron chi connectivity index (χ2n) is 6.66. The lowest BCUT2D eigenvalue weighted by Gasteiger charge is -2.17. The molecule has 0 radical (unpaired) electrons. The Hall–Kier alpha value is -2.33. The summed E-state index contributed by atoms with van der Waals surface area (Å²) in [5.41, 5.74) is 3.14. The molecule has 0 fully saturated rings. The average Bonchev–Trinajstić information content (AvgIpc) is 3.03. The summed E-state index contributed by atoms with van der Waals surface area (Å²) >= 11 is 5.93. The third-order valence-corrected chi connectivity index (χ3v) is 4.47. The van der Waals surface area contributed by atoms with Crippen LogP contribution in [0.1, 0.15) is 37.3 Å². The molecule has 25 heavy (non-hydrogen) atoms. The lowest BCUT2D eigenvalue weighted by atomic mass is 9.89. The number of nitrogens with one attached hydrogen (secondary N) is 2. The van der Waals surface area contributed by atoms with Crippen molar-refractivity contribution in [3.8, 4) is 0 Å². The van der Waals surface area contributed by atoms with Crippen LogP contribution in [0.3, 0.4) is 0 Å². The van der Waals surface area contributed by atoms with Crippen LogP contribution >= 0.6 is 11.6 Å². The normalized spacial score (nSPS) is 12.5. The lowest BCUT2D eigenvalue weighted by molar-refractivity contribution is -0.121. The number of aromatic nitrogens is 2. The Bertz CT molecular complexity index is 855. The molecule has 0 aliphatic carbocycles. The molecule has 1 aromatic carbocycles. The highest BCUT2D eigenvalue weighted by Gasteiger charge is 2.21. The van der Waals surface area contributed by atoms with E-state index < -0.39 is 0 Å². The number of amides is 1. The Balaban J connectivity index is 1.94. The van der Waals surface area contributed by atoms with E-state index in [1.165, 1.54) is 0 Å². The molecule has 0 aliphatic heterocycles. The Morgan fingerprint density at radius 3 is 2.76 bits per heavy atom. The monoisotopic (exact) mass is 355 g/mol. The van der Waals surface area contributed by atoms with E-state index in [9.17, 15) is 4.79 Å². The van der Waals surface area contributed by atoms with Crippen LogP contribution in [0.15, 0.2) is 48.8 Å². The molecule has 5 heteroatoms. The number of rotatable bonds is 6. The molecule has 0 saturated heterocycles. The quantitative estimate of drug-likeness (QED) is 0.639. The third-order valence-electron chi connectivity index (χ3n) is 4.25. The largest absolute Gasteiger partial charge is 0.361 e. The molecular formula is C20H22ClN3O. The van der Waals surface area contributed by atoms with Crippen LogP contribution in [0.25, 0.3) is 10.9 Å². The number of fused-ring (bicyclic) bond motifs is 1. The maximum atomic E-state index is 12.5. The van der Waals surface area contributed by atoms with E-state index in [4.69, 9.17) is 11.6 Å². The van der Waals surface area contributed by atoms with Crippen molar-refractivity contribution >= 4 is 28.4 Å². The van der Waals surface area contributed by atoms with Gasteiger partial charge < -0.3 is 10.3 Å². The standard InChI is InChI=1S/C20H22ClN3O/c1-13(2)10-24-20(25)9-16(14-7-8-19(21)23-11-14)17-12-22-18-6-4-3-5-15(17)18/h3-8,11-13,16,22H,9-10H2,1-2H3,(H,24,25)/t16-/m0/s1. The molecule has 0 bridgehead atoms. The number of pyridine rings is 1. The van der Waals surface area contributed by atoms with Crippen LogP contribution in [-0.4, -0.2) is 22.4 Å². The molecule has 1 atom stereocenters. The van der Waals surface area contributed by atoms with Crippen molar-refractivity contribution in [2.45, 2.75) is 26.2 Å². The minimum atomic E-state index is -0.0759. The van der Waals surface area contributed by atoms with Gasteiger partial charge in [0.05, 0.1) is 0 Å². The van der Waals surface area contributed by atoms with Crippen LogP contribution in [0.2, 0.25) is 5.15 Å². The van der Waals surface area contributed by atoms with Gasteiger partial charge in [0, 0.05) is 42.2 Å². The summed E-state index contributed by atoms with van der Waals surface area (Å²) in [7, 11) is 0. The Morgan fingerprint density at radius 1 is 1.24 bits per heavy atom. The number of para-hydroxylation sites is 1. The molecule has 4 nitrogen and oxygen atoms in total. The number of carbonyl (C=O) groups is 1. The number of H-pyrrole nitrogens is 1. The fourth-order valence-electron chi connectivity index (χ4n) is 2.96. The van der Waals surface area contributed by atoms with Gasteiger partial charge in [-0.15, -0.1) is 0 Å². The van der Waals surface area contributed by atoms with Gasteiger partial charge in [0.1, 0.15) is 5.15 Å². The van der Waals surface area contributed by atoms with E-state index in [0.29, 0.717) is 24.0 Å². The highest BCUT2D eigenvalue weighted by atomic mass is 35.5. The van der Waals surface area contributed by atoms with E-state index in [-0.39, 0.29) is 11.8 Å². The summed E-state index contributed by atoms with van der Waals surface area (Å²) in [4.78, 5) is 20.0. The van der Waals surface area contributed by atoms with Gasteiger partial charge in [-0.3, -0.25) is 4.79 Å².